The number of rotatable bonds is 9. The minimum absolute atomic E-state index is 0.359. The smallest absolute Gasteiger partial charge is 0.232 e. The number of aromatic nitrogens is 1. The van der Waals surface area contributed by atoms with Crippen molar-refractivity contribution in [1.82, 2.24) is 10.1 Å². The molecule has 0 spiro atoms. The largest absolute Gasteiger partial charge is 0.389 e. The van der Waals surface area contributed by atoms with E-state index in [4.69, 9.17) is 9.26 Å². The van der Waals surface area contributed by atoms with Crippen molar-refractivity contribution >= 4 is 5.88 Å². The highest BCUT2D eigenvalue weighted by Gasteiger charge is 2.33. The second-order valence-corrected chi connectivity index (χ2v) is 8.00. The Morgan fingerprint density at radius 3 is 2.64 bits per heavy atom. The fourth-order valence-corrected chi connectivity index (χ4v) is 4.11. The summed E-state index contributed by atoms with van der Waals surface area (Å²) in [5.74, 6) is 0.908. The van der Waals surface area contributed by atoms with Gasteiger partial charge in [0, 0.05) is 44.9 Å². The van der Waals surface area contributed by atoms with Crippen LogP contribution in [0.3, 0.4) is 0 Å². The molecule has 0 bridgehead atoms. The Balaban J connectivity index is 1.63. The number of nitrogens with zero attached hydrogens (tertiary/aromatic N) is 3. The number of hydrogen-bond donors (Lipinski definition) is 1. The Labute approximate surface area is 167 Å². The van der Waals surface area contributed by atoms with Gasteiger partial charge in [0.1, 0.15) is 5.69 Å². The van der Waals surface area contributed by atoms with Crippen molar-refractivity contribution in [2.45, 2.75) is 50.8 Å². The highest BCUT2D eigenvalue weighted by molar-refractivity contribution is 5.68. The molecule has 6 heteroatoms. The zero-order valence-corrected chi connectivity index (χ0v) is 16.7. The predicted octanol–water partition coefficient (Wildman–Crippen LogP) is 3.30. The van der Waals surface area contributed by atoms with Crippen LogP contribution in [0.2, 0.25) is 0 Å². The second-order valence-electron chi connectivity index (χ2n) is 8.00. The zero-order valence-electron chi connectivity index (χ0n) is 16.7. The van der Waals surface area contributed by atoms with Gasteiger partial charge in [0.05, 0.1) is 18.3 Å². The number of aliphatic hydroxyl groups excluding tert-OH is 1. The molecule has 2 fully saturated rings. The van der Waals surface area contributed by atoms with E-state index in [0.29, 0.717) is 19.2 Å². The van der Waals surface area contributed by atoms with Gasteiger partial charge < -0.3 is 19.3 Å². The van der Waals surface area contributed by atoms with Gasteiger partial charge in [-0.2, -0.15) is 0 Å². The summed E-state index contributed by atoms with van der Waals surface area (Å²) >= 11 is 0. The molecule has 1 unspecified atom stereocenters. The lowest BCUT2D eigenvalue weighted by atomic mass is 10.1. The van der Waals surface area contributed by atoms with E-state index in [0.717, 1.165) is 42.3 Å². The van der Waals surface area contributed by atoms with E-state index in [9.17, 15) is 5.11 Å². The Kier molecular flexibility index (Phi) is 6.29. The van der Waals surface area contributed by atoms with Crippen molar-refractivity contribution in [3.05, 3.63) is 35.9 Å². The van der Waals surface area contributed by atoms with Crippen LogP contribution in [0, 0.1) is 0 Å². The van der Waals surface area contributed by atoms with Crippen molar-refractivity contribution in [3.63, 3.8) is 0 Å². The topological polar surface area (TPSA) is 62.0 Å². The summed E-state index contributed by atoms with van der Waals surface area (Å²) in [5, 5.41) is 14.8. The van der Waals surface area contributed by atoms with E-state index in [-0.39, 0.29) is 0 Å². The fourth-order valence-electron chi connectivity index (χ4n) is 4.11. The van der Waals surface area contributed by atoms with Gasteiger partial charge in [-0.3, -0.25) is 4.90 Å². The molecule has 28 heavy (non-hydrogen) atoms. The highest BCUT2D eigenvalue weighted by Crippen LogP contribution is 2.36. The van der Waals surface area contributed by atoms with Crippen LogP contribution in [0.5, 0.6) is 0 Å². The van der Waals surface area contributed by atoms with Crippen molar-refractivity contribution in [1.29, 1.82) is 0 Å². The molecular formula is C22H31N3O3. The van der Waals surface area contributed by atoms with Crippen LogP contribution >= 0.6 is 0 Å². The number of benzene rings is 1. The lowest BCUT2D eigenvalue weighted by Crippen LogP contribution is -2.37. The van der Waals surface area contributed by atoms with E-state index in [1.54, 1.807) is 7.11 Å². The molecule has 2 heterocycles. The summed E-state index contributed by atoms with van der Waals surface area (Å²) in [5.41, 5.74) is 3.15. The number of aliphatic hydroxyl groups is 1. The number of anilines is 1. The van der Waals surface area contributed by atoms with Gasteiger partial charge in [-0.25, -0.2) is 0 Å². The maximum atomic E-state index is 10.3. The summed E-state index contributed by atoms with van der Waals surface area (Å²) in [6.45, 7) is 3.75. The Morgan fingerprint density at radius 2 is 1.96 bits per heavy atom. The van der Waals surface area contributed by atoms with Crippen LogP contribution in [0.25, 0.3) is 11.3 Å². The lowest BCUT2D eigenvalue weighted by Gasteiger charge is -2.29. The molecule has 1 aliphatic heterocycles. The molecule has 1 saturated carbocycles. The molecule has 4 rings (SSSR count). The van der Waals surface area contributed by atoms with Gasteiger partial charge in [-0.1, -0.05) is 35.5 Å². The van der Waals surface area contributed by atoms with Crippen molar-refractivity contribution in [2.24, 2.45) is 0 Å². The van der Waals surface area contributed by atoms with Crippen molar-refractivity contribution in [2.75, 3.05) is 38.3 Å². The van der Waals surface area contributed by atoms with E-state index >= 15 is 0 Å². The number of ether oxygens (including phenoxy) is 1. The summed E-state index contributed by atoms with van der Waals surface area (Å²) in [6, 6.07) is 10.8. The van der Waals surface area contributed by atoms with Crippen LogP contribution in [0.1, 0.15) is 37.7 Å². The van der Waals surface area contributed by atoms with Gasteiger partial charge in [-0.15, -0.1) is 0 Å². The normalized spacial score (nSPS) is 18.6. The molecule has 1 aromatic carbocycles. The quantitative estimate of drug-likeness (QED) is 0.715. The SMILES string of the molecule is COCC(O)CN(Cc1c(-c2ccccc2)noc1N1CCCCC1)C1CC1. The van der Waals surface area contributed by atoms with Crippen molar-refractivity contribution < 1.29 is 14.4 Å². The zero-order chi connectivity index (χ0) is 19.3. The van der Waals surface area contributed by atoms with Crippen LogP contribution in [-0.2, 0) is 11.3 Å². The highest BCUT2D eigenvalue weighted by atomic mass is 16.5. The molecule has 1 saturated heterocycles. The molecular weight excluding hydrogens is 354 g/mol. The van der Waals surface area contributed by atoms with Crippen LogP contribution in [0.15, 0.2) is 34.9 Å². The first-order valence-corrected chi connectivity index (χ1v) is 10.5. The van der Waals surface area contributed by atoms with Crippen molar-refractivity contribution in [3.8, 4) is 11.3 Å². The first-order chi connectivity index (χ1) is 13.8. The minimum atomic E-state index is -0.482. The molecule has 1 atom stereocenters. The molecule has 2 aliphatic rings. The Morgan fingerprint density at radius 1 is 1.21 bits per heavy atom. The molecule has 6 nitrogen and oxygen atoms in total. The molecule has 0 radical (unpaired) electrons. The monoisotopic (exact) mass is 385 g/mol. The molecule has 2 aromatic rings. The first kappa shape index (κ1) is 19.4. The summed E-state index contributed by atoms with van der Waals surface area (Å²) in [6.07, 6.45) is 5.56. The third-order valence-electron chi connectivity index (χ3n) is 5.69. The van der Waals surface area contributed by atoms with Gasteiger partial charge in [0.15, 0.2) is 0 Å². The minimum Gasteiger partial charge on any atom is -0.389 e. The third kappa shape index (κ3) is 4.57. The van der Waals surface area contributed by atoms with Gasteiger partial charge in [0.2, 0.25) is 5.88 Å². The number of methoxy groups -OCH3 is 1. The average Bonchev–Trinajstić information content (AvgIpc) is 3.49. The Bertz CT molecular complexity index is 739. The van der Waals surface area contributed by atoms with Gasteiger partial charge in [-0.05, 0) is 32.1 Å². The second kappa shape index (κ2) is 9.07. The molecule has 1 N–H and O–H groups in total. The molecule has 1 aliphatic carbocycles. The number of piperidine rings is 1. The first-order valence-electron chi connectivity index (χ1n) is 10.5. The maximum absolute atomic E-state index is 10.3. The molecule has 0 amide bonds. The average molecular weight is 386 g/mol. The van der Waals surface area contributed by atoms with E-state index in [2.05, 4.69) is 27.1 Å². The van der Waals surface area contributed by atoms with Crippen LogP contribution < -0.4 is 4.90 Å². The maximum Gasteiger partial charge on any atom is 0.232 e. The van der Waals surface area contributed by atoms with E-state index in [1.165, 1.54) is 32.1 Å². The molecule has 152 valence electrons. The summed E-state index contributed by atoms with van der Waals surface area (Å²) in [4.78, 5) is 4.71. The molecule has 1 aromatic heterocycles. The number of hydrogen-bond acceptors (Lipinski definition) is 6. The summed E-state index contributed by atoms with van der Waals surface area (Å²) in [7, 11) is 1.63. The fraction of sp³-hybridized carbons (Fsp3) is 0.591. The van der Waals surface area contributed by atoms with Crippen LogP contribution in [-0.4, -0.2) is 60.7 Å². The van der Waals surface area contributed by atoms with E-state index < -0.39 is 6.10 Å². The van der Waals surface area contributed by atoms with Gasteiger partial charge in [0.25, 0.3) is 0 Å². The lowest BCUT2D eigenvalue weighted by molar-refractivity contribution is 0.0337. The van der Waals surface area contributed by atoms with Crippen LogP contribution in [0.4, 0.5) is 5.88 Å². The summed E-state index contributed by atoms with van der Waals surface area (Å²) < 4.78 is 11.0. The standard InChI is InChI=1S/C22H31N3O3/c1-27-16-19(26)14-25(18-10-11-18)15-20-21(17-8-4-2-5-9-17)23-28-22(20)24-12-6-3-7-13-24/h2,4-5,8-9,18-19,26H,3,6-7,10-16H2,1H3. The Hall–Kier alpha value is -1.89. The third-order valence-corrected chi connectivity index (χ3v) is 5.69. The van der Waals surface area contributed by atoms with E-state index in [1.807, 2.05) is 18.2 Å². The van der Waals surface area contributed by atoms with Gasteiger partial charge >= 0.3 is 0 Å². The predicted molar refractivity (Wildman–Crippen MR) is 109 cm³/mol.